The summed E-state index contributed by atoms with van der Waals surface area (Å²) >= 11 is 3.04. The molecule has 1 aromatic carbocycles. The number of ketones is 1. The zero-order chi connectivity index (χ0) is 11.7. The van der Waals surface area contributed by atoms with Crippen LogP contribution >= 0.6 is 15.9 Å². The molecule has 5 heteroatoms. The molecule has 0 saturated carbocycles. The molecule has 0 aliphatic carbocycles. The van der Waals surface area contributed by atoms with Gasteiger partial charge >= 0.3 is 0 Å². The highest BCUT2D eigenvalue weighted by atomic mass is 79.9. The molecule has 0 fully saturated rings. The Hall–Kier alpha value is -1.36. The molecule has 0 radical (unpaired) electrons. The van der Waals surface area contributed by atoms with Crippen LogP contribution in [0, 0.1) is 5.82 Å². The van der Waals surface area contributed by atoms with Crippen molar-refractivity contribution in [2.75, 3.05) is 12.4 Å². The van der Waals surface area contributed by atoms with E-state index < -0.39 is 5.82 Å². The van der Waals surface area contributed by atoms with Crippen LogP contribution in [0.2, 0.25) is 0 Å². The van der Waals surface area contributed by atoms with E-state index in [0.29, 0.717) is 11.0 Å². The van der Waals surface area contributed by atoms with Gasteiger partial charge in [-0.1, -0.05) is 15.9 Å². The second kappa shape index (κ2) is 4.25. The minimum absolute atomic E-state index is 0.0969. The fourth-order valence-electron chi connectivity index (χ4n) is 1.40. The van der Waals surface area contributed by atoms with Crippen molar-refractivity contribution in [2.24, 2.45) is 0 Å². The molecule has 3 nitrogen and oxygen atoms in total. The van der Waals surface area contributed by atoms with Gasteiger partial charge in [0.1, 0.15) is 5.58 Å². The number of rotatable bonds is 3. The van der Waals surface area contributed by atoms with Gasteiger partial charge in [-0.15, -0.1) is 0 Å². The van der Waals surface area contributed by atoms with Crippen molar-refractivity contribution < 1.29 is 18.3 Å². The Labute approximate surface area is 99.3 Å². The van der Waals surface area contributed by atoms with E-state index >= 15 is 0 Å². The van der Waals surface area contributed by atoms with Crippen LogP contribution in [0.15, 0.2) is 22.6 Å². The van der Waals surface area contributed by atoms with Crippen LogP contribution in [0.5, 0.6) is 5.75 Å². The van der Waals surface area contributed by atoms with E-state index in [4.69, 9.17) is 9.15 Å². The minimum atomic E-state index is -0.478. The zero-order valence-electron chi connectivity index (χ0n) is 8.42. The van der Waals surface area contributed by atoms with Crippen LogP contribution in [0.25, 0.3) is 11.0 Å². The first-order chi connectivity index (χ1) is 7.65. The van der Waals surface area contributed by atoms with Crippen LogP contribution in [-0.2, 0) is 0 Å². The first-order valence-electron chi connectivity index (χ1n) is 4.52. The van der Waals surface area contributed by atoms with Gasteiger partial charge in [0, 0.05) is 11.5 Å². The standard InChI is InChI=1S/C11H8BrFO3/c1-15-10-4-9-6(2-7(10)13)3-11(16-9)8(14)5-12/h2-4H,5H2,1H3. The van der Waals surface area contributed by atoms with E-state index in [2.05, 4.69) is 15.9 Å². The number of alkyl halides is 1. The number of carbonyl (C=O) groups excluding carboxylic acids is 1. The van der Waals surface area contributed by atoms with Crippen molar-refractivity contribution >= 4 is 32.7 Å². The fourth-order valence-corrected chi connectivity index (χ4v) is 1.68. The van der Waals surface area contributed by atoms with Crippen molar-refractivity contribution in [2.45, 2.75) is 0 Å². The lowest BCUT2D eigenvalue weighted by Crippen LogP contribution is -1.96. The lowest BCUT2D eigenvalue weighted by Gasteiger charge is -1.99. The summed E-state index contributed by atoms with van der Waals surface area (Å²) in [5.74, 6) is -0.358. The van der Waals surface area contributed by atoms with Gasteiger partial charge in [-0.25, -0.2) is 4.39 Å². The summed E-state index contributed by atoms with van der Waals surface area (Å²) in [6.45, 7) is 0. The highest BCUT2D eigenvalue weighted by molar-refractivity contribution is 9.09. The number of fused-ring (bicyclic) bond motifs is 1. The van der Waals surface area contributed by atoms with Crippen molar-refractivity contribution in [3.63, 3.8) is 0 Å². The smallest absolute Gasteiger partial charge is 0.208 e. The third kappa shape index (κ3) is 1.82. The fraction of sp³-hybridized carbons (Fsp3) is 0.182. The maximum atomic E-state index is 13.4. The first-order valence-corrected chi connectivity index (χ1v) is 5.64. The first kappa shape index (κ1) is 11.1. The Morgan fingerprint density at radius 3 is 2.88 bits per heavy atom. The number of furan rings is 1. The Kier molecular flexibility index (Phi) is 2.96. The molecule has 1 aromatic heterocycles. The van der Waals surface area contributed by atoms with Gasteiger partial charge in [0.15, 0.2) is 17.3 Å². The molecule has 0 aliphatic heterocycles. The molecular formula is C11H8BrFO3. The summed E-state index contributed by atoms with van der Waals surface area (Å²) in [6, 6.07) is 4.22. The quantitative estimate of drug-likeness (QED) is 0.643. The van der Waals surface area contributed by atoms with Crippen LogP contribution < -0.4 is 4.74 Å². The van der Waals surface area contributed by atoms with Crippen molar-refractivity contribution in [1.29, 1.82) is 0 Å². The van der Waals surface area contributed by atoms with Gasteiger partial charge < -0.3 is 9.15 Å². The number of hydrogen-bond donors (Lipinski definition) is 0. The Morgan fingerprint density at radius 1 is 1.50 bits per heavy atom. The van der Waals surface area contributed by atoms with Gasteiger partial charge in [0.2, 0.25) is 5.78 Å². The predicted molar refractivity (Wildman–Crippen MR) is 60.8 cm³/mol. The van der Waals surface area contributed by atoms with Crippen LogP contribution in [0.4, 0.5) is 4.39 Å². The van der Waals surface area contributed by atoms with Crippen LogP contribution in [-0.4, -0.2) is 18.2 Å². The van der Waals surface area contributed by atoms with Crippen LogP contribution in [0.3, 0.4) is 0 Å². The molecular weight excluding hydrogens is 279 g/mol. The summed E-state index contributed by atoms with van der Waals surface area (Å²) in [5.41, 5.74) is 0.433. The number of carbonyl (C=O) groups is 1. The predicted octanol–water partition coefficient (Wildman–Crippen LogP) is 3.16. The zero-order valence-corrected chi connectivity index (χ0v) is 10.0. The van der Waals surface area contributed by atoms with Gasteiger partial charge in [-0.05, 0) is 12.1 Å². The average Bonchev–Trinajstić information content (AvgIpc) is 2.69. The van der Waals surface area contributed by atoms with Gasteiger partial charge in [-0.3, -0.25) is 4.79 Å². The average molecular weight is 287 g/mol. The maximum Gasteiger partial charge on any atom is 0.208 e. The molecule has 0 saturated heterocycles. The van der Waals surface area contributed by atoms with E-state index in [1.807, 2.05) is 0 Å². The second-order valence-corrected chi connectivity index (χ2v) is 3.75. The molecule has 0 amide bonds. The summed E-state index contributed by atoms with van der Waals surface area (Å²) in [6.07, 6.45) is 0. The minimum Gasteiger partial charge on any atom is -0.494 e. The molecule has 0 N–H and O–H groups in total. The molecule has 0 unspecified atom stereocenters. The summed E-state index contributed by atoms with van der Waals surface area (Å²) < 4.78 is 23.5. The summed E-state index contributed by atoms with van der Waals surface area (Å²) in [4.78, 5) is 11.4. The van der Waals surface area contributed by atoms with Crippen molar-refractivity contribution in [3.05, 3.63) is 29.8 Å². The molecule has 2 rings (SSSR count). The highest BCUT2D eigenvalue weighted by Gasteiger charge is 2.13. The third-order valence-electron chi connectivity index (χ3n) is 2.19. The Balaban J connectivity index is 2.58. The van der Waals surface area contributed by atoms with Gasteiger partial charge in [-0.2, -0.15) is 0 Å². The largest absolute Gasteiger partial charge is 0.494 e. The molecule has 0 atom stereocenters. The SMILES string of the molecule is COc1cc2oc(C(=O)CBr)cc2cc1F. The topological polar surface area (TPSA) is 39.4 Å². The number of benzene rings is 1. The maximum absolute atomic E-state index is 13.4. The number of ether oxygens (including phenoxy) is 1. The monoisotopic (exact) mass is 286 g/mol. The number of Topliss-reactive ketones (excluding diaryl/α,β-unsaturated/α-hetero) is 1. The molecule has 84 valence electrons. The molecule has 0 aliphatic rings. The van der Waals surface area contributed by atoms with E-state index in [1.54, 1.807) is 0 Å². The highest BCUT2D eigenvalue weighted by Crippen LogP contribution is 2.27. The number of methoxy groups -OCH3 is 1. The molecule has 1 heterocycles. The van der Waals surface area contributed by atoms with Gasteiger partial charge in [0.05, 0.1) is 12.4 Å². The van der Waals surface area contributed by atoms with Crippen LogP contribution in [0.1, 0.15) is 10.6 Å². The lowest BCUT2D eigenvalue weighted by molar-refractivity contribution is 0.0995. The third-order valence-corrected chi connectivity index (χ3v) is 2.70. The van der Waals surface area contributed by atoms with E-state index in [1.165, 1.54) is 25.3 Å². The Morgan fingerprint density at radius 2 is 2.25 bits per heavy atom. The molecule has 2 aromatic rings. The normalized spacial score (nSPS) is 10.7. The van der Waals surface area contributed by atoms with E-state index in [0.717, 1.165) is 0 Å². The number of halogens is 2. The molecule has 0 spiro atoms. The van der Waals surface area contributed by atoms with Crippen molar-refractivity contribution in [3.8, 4) is 5.75 Å². The number of hydrogen-bond acceptors (Lipinski definition) is 3. The lowest BCUT2D eigenvalue weighted by atomic mass is 10.2. The Bertz CT molecular complexity index is 547. The van der Waals surface area contributed by atoms with E-state index in [9.17, 15) is 9.18 Å². The molecule has 0 bridgehead atoms. The van der Waals surface area contributed by atoms with Crippen molar-refractivity contribution in [1.82, 2.24) is 0 Å². The summed E-state index contributed by atoms with van der Waals surface area (Å²) in [7, 11) is 1.37. The van der Waals surface area contributed by atoms with E-state index in [-0.39, 0.29) is 22.6 Å². The van der Waals surface area contributed by atoms with Gasteiger partial charge in [0.25, 0.3) is 0 Å². The molecule has 16 heavy (non-hydrogen) atoms. The second-order valence-electron chi connectivity index (χ2n) is 3.19. The summed E-state index contributed by atoms with van der Waals surface area (Å²) in [5, 5.41) is 0.717.